The zero-order valence-corrected chi connectivity index (χ0v) is 11.6. The second-order valence-corrected chi connectivity index (χ2v) is 5.23. The lowest BCUT2D eigenvalue weighted by Gasteiger charge is -2.28. The summed E-state index contributed by atoms with van der Waals surface area (Å²) in [5.41, 5.74) is 2.38. The molecule has 0 amide bonds. The molecule has 98 valence electrons. The molecule has 0 saturated carbocycles. The third-order valence-electron chi connectivity index (χ3n) is 3.81. The summed E-state index contributed by atoms with van der Waals surface area (Å²) in [6, 6.07) is 0.265. The maximum absolute atomic E-state index is 9.37. The summed E-state index contributed by atoms with van der Waals surface area (Å²) in [6.07, 6.45) is 2.88. The summed E-state index contributed by atoms with van der Waals surface area (Å²) in [7, 11) is 1.95. The average Bonchev–Trinajstić information content (AvgIpc) is 2.67. The molecular weight excluding hydrogens is 214 g/mol. The Morgan fingerprint density at radius 2 is 2.24 bits per heavy atom. The van der Waals surface area contributed by atoms with Crippen molar-refractivity contribution in [1.29, 1.82) is 0 Å². The van der Waals surface area contributed by atoms with E-state index in [1.165, 1.54) is 11.3 Å². The molecule has 2 atom stereocenters. The molecule has 0 bridgehead atoms. The van der Waals surface area contributed by atoms with Gasteiger partial charge in [0.15, 0.2) is 0 Å². The molecule has 1 aromatic rings. The van der Waals surface area contributed by atoms with Crippen LogP contribution < -0.4 is 5.32 Å². The monoisotopic (exact) mass is 239 g/mol. The van der Waals surface area contributed by atoms with Crippen molar-refractivity contribution in [2.75, 3.05) is 13.2 Å². The summed E-state index contributed by atoms with van der Waals surface area (Å²) in [5.74, 6) is 0. The van der Waals surface area contributed by atoms with Crippen LogP contribution in [0.5, 0.6) is 0 Å². The van der Waals surface area contributed by atoms with Gasteiger partial charge in [-0.25, -0.2) is 0 Å². The first-order valence-corrected chi connectivity index (χ1v) is 6.26. The fourth-order valence-electron chi connectivity index (χ4n) is 1.74. The van der Waals surface area contributed by atoms with Crippen LogP contribution >= 0.6 is 0 Å². The van der Waals surface area contributed by atoms with Gasteiger partial charge < -0.3 is 10.4 Å². The first-order chi connectivity index (χ1) is 7.93. The van der Waals surface area contributed by atoms with Crippen LogP contribution in [0.25, 0.3) is 0 Å². The Labute approximate surface area is 104 Å². The first-order valence-electron chi connectivity index (χ1n) is 6.26. The summed E-state index contributed by atoms with van der Waals surface area (Å²) in [6.45, 7) is 9.45. The number of aromatic nitrogens is 2. The number of hydrogen-bond acceptors (Lipinski definition) is 3. The van der Waals surface area contributed by atoms with Gasteiger partial charge in [0.05, 0.1) is 6.20 Å². The highest BCUT2D eigenvalue weighted by atomic mass is 16.3. The lowest BCUT2D eigenvalue weighted by molar-refractivity contribution is 0.132. The van der Waals surface area contributed by atoms with E-state index in [1.54, 1.807) is 0 Å². The predicted octanol–water partition coefficient (Wildman–Crippen LogP) is 1.79. The summed E-state index contributed by atoms with van der Waals surface area (Å²) in [5, 5.41) is 17.1. The van der Waals surface area contributed by atoms with Crippen molar-refractivity contribution < 1.29 is 5.11 Å². The summed E-state index contributed by atoms with van der Waals surface area (Å²) >= 11 is 0. The van der Waals surface area contributed by atoms with Crippen molar-refractivity contribution in [2.45, 2.75) is 40.2 Å². The number of rotatable bonds is 6. The number of aliphatic hydroxyl groups excluding tert-OH is 1. The molecule has 0 saturated heterocycles. The topological polar surface area (TPSA) is 50.1 Å². The molecular formula is C13H25N3O. The second-order valence-electron chi connectivity index (χ2n) is 5.23. The van der Waals surface area contributed by atoms with Crippen molar-refractivity contribution in [2.24, 2.45) is 12.5 Å². The van der Waals surface area contributed by atoms with Crippen molar-refractivity contribution in [3.05, 3.63) is 17.5 Å². The largest absolute Gasteiger partial charge is 0.396 e. The highest BCUT2D eigenvalue weighted by Crippen LogP contribution is 2.22. The Morgan fingerprint density at radius 1 is 1.59 bits per heavy atom. The number of nitrogens with one attached hydrogen (secondary N) is 1. The van der Waals surface area contributed by atoms with Crippen LogP contribution in [0, 0.1) is 12.3 Å². The molecule has 0 aliphatic rings. The van der Waals surface area contributed by atoms with E-state index >= 15 is 0 Å². The lowest BCUT2D eigenvalue weighted by Crippen LogP contribution is -2.35. The summed E-state index contributed by atoms with van der Waals surface area (Å²) in [4.78, 5) is 0. The van der Waals surface area contributed by atoms with Crippen molar-refractivity contribution in [3.8, 4) is 0 Å². The van der Waals surface area contributed by atoms with Crippen molar-refractivity contribution in [1.82, 2.24) is 15.1 Å². The molecule has 4 heteroatoms. The van der Waals surface area contributed by atoms with Crippen LogP contribution in [0.2, 0.25) is 0 Å². The van der Waals surface area contributed by atoms with Crippen LogP contribution in [-0.4, -0.2) is 28.0 Å². The van der Waals surface area contributed by atoms with Gasteiger partial charge in [0, 0.05) is 42.9 Å². The molecule has 2 N–H and O–H groups in total. The van der Waals surface area contributed by atoms with Crippen LogP contribution in [-0.2, 0) is 7.05 Å². The molecule has 1 aromatic heterocycles. The van der Waals surface area contributed by atoms with E-state index in [9.17, 15) is 5.11 Å². The minimum atomic E-state index is -0.0373. The van der Waals surface area contributed by atoms with Gasteiger partial charge in [0.2, 0.25) is 0 Å². The van der Waals surface area contributed by atoms with E-state index in [2.05, 4.69) is 38.1 Å². The standard InChI is InChI=1S/C13H25N3O/c1-6-13(4,9-17)8-14-10(2)12-7-15-16(5)11(12)3/h7,10,14,17H,6,8-9H2,1-5H3. The smallest absolute Gasteiger partial charge is 0.0540 e. The van der Waals surface area contributed by atoms with Gasteiger partial charge in [-0.2, -0.15) is 5.10 Å². The Balaban J connectivity index is 2.61. The van der Waals surface area contributed by atoms with Crippen LogP contribution in [0.15, 0.2) is 6.20 Å². The molecule has 4 nitrogen and oxygen atoms in total. The first kappa shape index (κ1) is 14.2. The molecule has 0 aliphatic heterocycles. The van der Waals surface area contributed by atoms with Crippen LogP contribution in [0.1, 0.15) is 44.5 Å². The maximum Gasteiger partial charge on any atom is 0.0540 e. The minimum Gasteiger partial charge on any atom is -0.396 e. The van der Waals surface area contributed by atoms with Gasteiger partial charge in [0.25, 0.3) is 0 Å². The lowest BCUT2D eigenvalue weighted by atomic mass is 9.88. The molecule has 0 spiro atoms. The highest BCUT2D eigenvalue weighted by molar-refractivity contribution is 5.19. The molecule has 0 fully saturated rings. The summed E-state index contributed by atoms with van der Waals surface area (Å²) < 4.78 is 1.89. The van der Waals surface area contributed by atoms with E-state index in [1.807, 2.05) is 17.9 Å². The molecule has 2 unspecified atom stereocenters. The van der Waals surface area contributed by atoms with Crippen LogP contribution in [0.3, 0.4) is 0 Å². The van der Waals surface area contributed by atoms with Gasteiger partial charge in [-0.1, -0.05) is 13.8 Å². The highest BCUT2D eigenvalue weighted by Gasteiger charge is 2.22. The van der Waals surface area contributed by atoms with E-state index in [-0.39, 0.29) is 18.1 Å². The van der Waals surface area contributed by atoms with Gasteiger partial charge in [-0.3, -0.25) is 4.68 Å². The second kappa shape index (κ2) is 5.65. The molecule has 0 aliphatic carbocycles. The normalized spacial score (nSPS) is 16.8. The van der Waals surface area contributed by atoms with Gasteiger partial charge in [-0.05, 0) is 20.3 Å². The Kier molecular flexibility index (Phi) is 4.71. The fraction of sp³-hybridized carbons (Fsp3) is 0.769. The fourth-order valence-corrected chi connectivity index (χ4v) is 1.74. The Bertz CT molecular complexity index is 356. The van der Waals surface area contributed by atoms with Crippen molar-refractivity contribution >= 4 is 0 Å². The Morgan fingerprint density at radius 3 is 2.65 bits per heavy atom. The van der Waals surface area contributed by atoms with Gasteiger partial charge >= 0.3 is 0 Å². The molecule has 1 heterocycles. The molecule has 0 radical (unpaired) electrons. The number of hydrogen-bond donors (Lipinski definition) is 2. The third kappa shape index (κ3) is 3.30. The predicted molar refractivity (Wildman–Crippen MR) is 69.8 cm³/mol. The van der Waals surface area contributed by atoms with E-state index < -0.39 is 0 Å². The maximum atomic E-state index is 9.37. The quantitative estimate of drug-likeness (QED) is 0.795. The molecule has 0 aromatic carbocycles. The minimum absolute atomic E-state index is 0.0373. The SMILES string of the molecule is CCC(C)(CO)CNC(C)c1cnn(C)c1C. The molecule has 17 heavy (non-hydrogen) atoms. The van der Waals surface area contributed by atoms with E-state index in [0.29, 0.717) is 0 Å². The van der Waals surface area contributed by atoms with Crippen molar-refractivity contribution in [3.63, 3.8) is 0 Å². The molecule has 1 rings (SSSR count). The van der Waals surface area contributed by atoms with E-state index in [0.717, 1.165) is 13.0 Å². The third-order valence-corrected chi connectivity index (χ3v) is 3.81. The zero-order valence-electron chi connectivity index (χ0n) is 11.6. The van der Waals surface area contributed by atoms with E-state index in [4.69, 9.17) is 0 Å². The van der Waals surface area contributed by atoms with Crippen LogP contribution in [0.4, 0.5) is 0 Å². The van der Waals surface area contributed by atoms with Gasteiger partial charge in [-0.15, -0.1) is 0 Å². The zero-order chi connectivity index (χ0) is 13.1. The van der Waals surface area contributed by atoms with Gasteiger partial charge in [0.1, 0.15) is 0 Å². The Hall–Kier alpha value is -0.870. The number of aliphatic hydroxyl groups is 1. The number of nitrogens with zero attached hydrogens (tertiary/aromatic N) is 2. The number of aryl methyl sites for hydroxylation is 1. The average molecular weight is 239 g/mol.